The van der Waals surface area contributed by atoms with Gasteiger partial charge in [0.2, 0.25) is 0 Å². The third kappa shape index (κ3) is 4.17. The summed E-state index contributed by atoms with van der Waals surface area (Å²) in [4.78, 5) is 0. The Hall–Kier alpha value is -0.960. The maximum absolute atomic E-state index is 13.9. The lowest BCUT2D eigenvalue weighted by Crippen LogP contribution is -2.28. The molecule has 24 heavy (non-hydrogen) atoms. The Bertz CT molecular complexity index is 541. The lowest BCUT2D eigenvalue weighted by atomic mass is 9.71. The normalized spacial score (nSPS) is 31.2. The highest BCUT2D eigenvalue weighted by atomic mass is 19.2. The van der Waals surface area contributed by atoms with Crippen LogP contribution in [0.2, 0.25) is 0 Å². The average Bonchev–Trinajstić information content (AvgIpc) is 2.60. The molecule has 0 bridgehead atoms. The average molecular weight is 336 g/mol. The minimum atomic E-state index is -0.750. The van der Waals surface area contributed by atoms with E-state index >= 15 is 0 Å². The minimum Gasteiger partial charge on any atom is -0.373 e. The molecule has 0 amide bonds. The van der Waals surface area contributed by atoms with Gasteiger partial charge in [-0.05, 0) is 68.8 Å². The van der Waals surface area contributed by atoms with Gasteiger partial charge in [-0.1, -0.05) is 31.9 Å². The molecule has 1 aromatic carbocycles. The first-order chi connectivity index (χ1) is 11.5. The van der Waals surface area contributed by atoms with Gasteiger partial charge in [-0.15, -0.1) is 0 Å². The molecule has 0 heterocycles. The van der Waals surface area contributed by atoms with Gasteiger partial charge in [0.1, 0.15) is 0 Å². The zero-order valence-electron chi connectivity index (χ0n) is 15.0. The Labute approximate surface area is 144 Å². The third-order valence-corrected chi connectivity index (χ3v) is 6.28. The third-order valence-electron chi connectivity index (χ3n) is 6.28. The van der Waals surface area contributed by atoms with Crippen LogP contribution in [0.4, 0.5) is 8.78 Å². The van der Waals surface area contributed by atoms with Crippen molar-refractivity contribution in [3.63, 3.8) is 0 Å². The highest BCUT2D eigenvalue weighted by Crippen LogP contribution is 2.40. The smallest absolute Gasteiger partial charge is 0.164 e. The number of halogens is 2. The number of aryl methyl sites for hydroxylation is 1. The molecule has 0 saturated heterocycles. The molecule has 0 N–H and O–H groups in total. The van der Waals surface area contributed by atoms with Crippen molar-refractivity contribution >= 4 is 0 Å². The van der Waals surface area contributed by atoms with E-state index in [9.17, 15) is 8.78 Å². The van der Waals surface area contributed by atoms with E-state index in [0.717, 1.165) is 30.6 Å². The molecule has 0 spiro atoms. The topological polar surface area (TPSA) is 9.23 Å². The predicted molar refractivity (Wildman–Crippen MR) is 92.8 cm³/mol. The van der Waals surface area contributed by atoms with E-state index in [1.807, 2.05) is 0 Å². The quantitative estimate of drug-likeness (QED) is 0.638. The number of hydrogen-bond donors (Lipinski definition) is 0. The van der Waals surface area contributed by atoms with Gasteiger partial charge in [-0.25, -0.2) is 8.78 Å². The summed E-state index contributed by atoms with van der Waals surface area (Å²) < 4.78 is 33.4. The second-order valence-corrected chi connectivity index (χ2v) is 8.04. The summed E-state index contributed by atoms with van der Waals surface area (Å²) in [5.41, 5.74) is 0.681. The van der Waals surface area contributed by atoms with Crippen LogP contribution in [0.5, 0.6) is 0 Å². The Morgan fingerprint density at radius 1 is 0.875 bits per heavy atom. The van der Waals surface area contributed by atoms with Crippen molar-refractivity contribution in [2.45, 2.75) is 77.9 Å². The summed E-state index contributed by atoms with van der Waals surface area (Å²) in [6.45, 7) is 4.13. The van der Waals surface area contributed by atoms with Crippen LogP contribution in [0.25, 0.3) is 0 Å². The number of benzene rings is 1. The number of rotatable bonds is 4. The number of ether oxygens (including phenoxy) is 1. The summed E-state index contributed by atoms with van der Waals surface area (Å²) in [6.07, 6.45) is 10.4. The van der Waals surface area contributed by atoms with E-state index < -0.39 is 11.6 Å². The maximum Gasteiger partial charge on any atom is 0.164 e. The van der Waals surface area contributed by atoms with Crippen LogP contribution in [0.3, 0.4) is 0 Å². The van der Waals surface area contributed by atoms with Crippen LogP contribution in [-0.4, -0.2) is 6.10 Å². The van der Waals surface area contributed by atoms with Crippen molar-refractivity contribution in [3.05, 3.63) is 34.9 Å². The lowest BCUT2D eigenvalue weighted by Gasteiger charge is -2.37. The van der Waals surface area contributed by atoms with Crippen LogP contribution in [0, 0.1) is 36.3 Å². The van der Waals surface area contributed by atoms with Crippen LogP contribution in [-0.2, 0) is 11.3 Å². The SMILES string of the molecule is Cc1ccc(COC2CCC(C3CCC(C)CC3)CC2)c(F)c1F. The molecule has 0 unspecified atom stereocenters. The van der Waals surface area contributed by atoms with Crippen molar-refractivity contribution in [1.29, 1.82) is 0 Å². The van der Waals surface area contributed by atoms with Crippen molar-refractivity contribution < 1.29 is 13.5 Å². The van der Waals surface area contributed by atoms with Gasteiger partial charge in [0, 0.05) is 5.56 Å². The Morgan fingerprint density at radius 2 is 1.46 bits per heavy atom. The van der Waals surface area contributed by atoms with Gasteiger partial charge in [-0.2, -0.15) is 0 Å². The van der Waals surface area contributed by atoms with Gasteiger partial charge in [0.15, 0.2) is 11.6 Å². The van der Waals surface area contributed by atoms with Gasteiger partial charge in [0.05, 0.1) is 12.7 Å². The molecule has 2 aliphatic rings. The van der Waals surface area contributed by atoms with Gasteiger partial charge in [0.25, 0.3) is 0 Å². The summed E-state index contributed by atoms with van der Waals surface area (Å²) in [7, 11) is 0. The van der Waals surface area contributed by atoms with E-state index in [1.165, 1.54) is 38.5 Å². The highest BCUT2D eigenvalue weighted by molar-refractivity contribution is 5.24. The second-order valence-electron chi connectivity index (χ2n) is 8.04. The highest BCUT2D eigenvalue weighted by Gasteiger charge is 2.30. The molecular formula is C21H30F2O. The standard InChI is InChI=1S/C21H30F2O/c1-14-3-6-16(7-4-14)17-9-11-19(12-10-17)24-13-18-8-5-15(2)20(22)21(18)23/h5,8,14,16-17,19H,3-4,6-7,9-13H2,1-2H3. The molecular weight excluding hydrogens is 306 g/mol. The fraction of sp³-hybridized carbons (Fsp3) is 0.714. The molecule has 1 aromatic rings. The Kier molecular flexibility index (Phi) is 5.91. The molecule has 3 heteroatoms. The predicted octanol–water partition coefficient (Wildman–Crippen LogP) is 6.17. The Balaban J connectivity index is 1.45. The summed E-state index contributed by atoms with van der Waals surface area (Å²) >= 11 is 0. The van der Waals surface area contributed by atoms with Crippen LogP contribution < -0.4 is 0 Å². The zero-order chi connectivity index (χ0) is 17.1. The van der Waals surface area contributed by atoms with Crippen molar-refractivity contribution in [2.24, 2.45) is 17.8 Å². The monoisotopic (exact) mass is 336 g/mol. The van der Waals surface area contributed by atoms with E-state index in [-0.39, 0.29) is 12.7 Å². The summed E-state index contributed by atoms with van der Waals surface area (Å²) in [5.74, 6) is 1.17. The van der Waals surface area contributed by atoms with Gasteiger partial charge >= 0.3 is 0 Å². The number of hydrogen-bond acceptors (Lipinski definition) is 1. The largest absolute Gasteiger partial charge is 0.373 e. The van der Waals surface area contributed by atoms with E-state index in [0.29, 0.717) is 11.1 Å². The van der Waals surface area contributed by atoms with Gasteiger partial charge in [-0.3, -0.25) is 0 Å². The van der Waals surface area contributed by atoms with E-state index in [1.54, 1.807) is 19.1 Å². The molecule has 1 nitrogen and oxygen atoms in total. The molecule has 0 radical (unpaired) electrons. The molecule has 2 fully saturated rings. The molecule has 0 aromatic heterocycles. The van der Waals surface area contributed by atoms with E-state index in [2.05, 4.69) is 6.92 Å². The zero-order valence-corrected chi connectivity index (χ0v) is 15.0. The summed E-state index contributed by atoms with van der Waals surface area (Å²) in [5, 5.41) is 0. The maximum atomic E-state index is 13.9. The first kappa shape index (κ1) is 17.8. The van der Waals surface area contributed by atoms with E-state index in [4.69, 9.17) is 4.74 Å². The molecule has 2 aliphatic carbocycles. The Morgan fingerprint density at radius 3 is 2.08 bits per heavy atom. The lowest BCUT2D eigenvalue weighted by molar-refractivity contribution is -0.00373. The van der Waals surface area contributed by atoms with Crippen molar-refractivity contribution in [1.82, 2.24) is 0 Å². The van der Waals surface area contributed by atoms with Gasteiger partial charge < -0.3 is 4.74 Å². The van der Waals surface area contributed by atoms with Crippen molar-refractivity contribution in [2.75, 3.05) is 0 Å². The molecule has 0 atom stereocenters. The molecule has 0 aliphatic heterocycles. The summed E-state index contributed by atoms with van der Waals surface area (Å²) in [6, 6.07) is 3.26. The minimum absolute atomic E-state index is 0.180. The molecule has 2 saturated carbocycles. The van der Waals surface area contributed by atoms with Crippen LogP contribution in [0.15, 0.2) is 12.1 Å². The van der Waals surface area contributed by atoms with Crippen LogP contribution >= 0.6 is 0 Å². The fourth-order valence-electron chi connectivity index (χ4n) is 4.49. The van der Waals surface area contributed by atoms with Crippen LogP contribution in [0.1, 0.15) is 69.4 Å². The molecule has 134 valence electrons. The second kappa shape index (κ2) is 7.95. The molecule has 3 rings (SSSR count). The first-order valence-corrected chi connectivity index (χ1v) is 9.59. The fourth-order valence-corrected chi connectivity index (χ4v) is 4.49. The first-order valence-electron chi connectivity index (χ1n) is 9.59. The van der Waals surface area contributed by atoms with Crippen molar-refractivity contribution in [3.8, 4) is 0 Å².